The van der Waals surface area contributed by atoms with Gasteiger partial charge in [-0.2, -0.15) is 5.26 Å². The Bertz CT molecular complexity index is 1190. The maximum absolute atomic E-state index is 13.3. The van der Waals surface area contributed by atoms with Gasteiger partial charge in [0, 0.05) is 56.4 Å². The lowest BCUT2D eigenvalue weighted by Gasteiger charge is -2.35. The molecule has 37 heavy (non-hydrogen) atoms. The number of amides is 4. The van der Waals surface area contributed by atoms with Gasteiger partial charge in [-0.05, 0) is 61.1 Å². The minimum absolute atomic E-state index is 0.0328. The number of carbonyl (C=O) groups excluding carboxylic acids is 3. The molecule has 2 aromatic carbocycles. The second-order valence-electron chi connectivity index (χ2n) is 10.2. The van der Waals surface area contributed by atoms with Gasteiger partial charge in [0.2, 0.25) is 5.91 Å². The monoisotopic (exact) mass is 501 g/mol. The molecule has 0 atom stereocenters. The normalized spacial score (nSPS) is 16.5. The lowest BCUT2D eigenvalue weighted by atomic mass is 9.89. The molecule has 8 heteroatoms. The molecule has 8 nitrogen and oxygen atoms in total. The van der Waals surface area contributed by atoms with Gasteiger partial charge in [0.05, 0.1) is 11.6 Å². The molecule has 0 unspecified atom stereocenters. The van der Waals surface area contributed by atoms with E-state index in [0.29, 0.717) is 62.0 Å². The minimum Gasteiger partial charge on any atom is -0.339 e. The molecule has 2 aliphatic rings. The first-order valence-electron chi connectivity index (χ1n) is 13.0. The van der Waals surface area contributed by atoms with Crippen LogP contribution < -0.4 is 5.32 Å². The molecule has 2 saturated heterocycles. The van der Waals surface area contributed by atoms with Crippen LogP contribution in [0.4, 0.5) is 10.5 Å². The number of carbonyl (C=O) groups is 3. The smallest absolute Gasteiger partial charge is 0.321 e. The zero-order chi connectivity index (χ0) is 26.5. The van der Waals surface area contributed by atoms with Crippen LogP contribution in [0.3, 0.4) is 0 Å². The molecule has 0 radical (unpaired) electrons. The summed E-state index contributed by atoms with van der Waals surface area (Å²) in [6.07, 6.45) is 1.75. The Morgan fingerprint density at radius 3 is 2.11 bits per heavy atom. The quantitative estimate of drug-likeness (QED) is 0.678. The van der Waals surface area contributed by atoms with Crippen molar-refractivity contribution in [1.82, 2.24) is 14.7 Å². The first kappa shape index (κ1) is 26.2. The largest absolute Gasteiger partial charge is 0.339 e. The predicted octanol–water partition coefficient (Wildman–Crippen LogP) is 4.22. The fraction of sp³-hybridized carbons (Fsp3) is 0.448. The molecule has 4 amide bonds. The molecule has 0 saturated carbocycles. The SMILES string of the molecule is Cc1ccc(C(=O)N2CCC(c3ccc(C#N)cc3)CC2)cc1NC(=O)N1CCN(C(=O)C(C)C)CC1. The average molecular weight is 502 g/mol. The van der Waals surface area contributed by atoms with E-state index in [2.05, 4.69) is 11.4 Å². The van der Waals surface area contributed by atoms with Crippen molar-refractivity contribution >= 4 is 23.5 Å². The van der Waals surface area contributed by atoms with Crippen molar-refractivity contribution in [3.05, 3.63) is 64.7 Å². The van der Waals surface area contributed by atoms with Crippen molar-refractivity contribution in [1.29, 1.82) is 5.26 Å². The van der Waals surface area contributed by atoms with Gasteiger partial charge < -0.3 is 20.0 Å². The average Bonchev–Trinajstić information content (AvgIpc) is 2.93. The highest BCUT2D eigenvalue weighted by atomic mass is 16.2. The van der Waals surface area contributed by atoms with Gasteiger partial charge in [0.1, 0.15) is 0 Å². The van der Waals surface area contributed by atoms with Crippen LogP contribution in [0, 0.1) is 24.2 Å². The molecule has 4 rings (SSSR count). The van der Waals surface area contributed by atoms with E-state index in [0.717, 1.165) is 18.4 Å². The second-order valence-corrected chi connectivity index (χ2v) is 10.2. The van der Waals surface area contributed by atoms with E-state index in [4.69, 9.17) is 5.26 Å². The molecule has 0 aliphatic carbocycles. The van der Waals surface area contributed by atoms with Crippen molar-refractivity contribution < 1.29 is 14.4 Å². The zero-order valence-corrected chi connectivity index (χ0v) is 21.9. The standard InChI is InChI=1S/C29H35N5O3/c1-20(2)27(35)33-14-16-34(17-15-33)29(37)31-26-18-25(7-4-21(26)3)28(36)32-12-10-24(11-13-32)23-8-5-22(19-30)6-9-23/h4-9,18,20,24H,10-17H2,1-3H3,(H,31,37). The highest BCUT2D eigenvalue weighted by molar-refractivity contribution is 5.97. The Kier molecular flexibility index (Phi) is 8.12. The van der Waals surface area contributed by atoms with Crippen LogP contribution >= 0.6 is 0 Å². The molecular weight excluding hydrogens is 466 g/mol. The highest BCUT2D eigenvalue weighted by Crippen LogP contribution is 2.29. The number of piperazine rings is 1. The number of nitrogens with one attached hydrogen (secondary N) is 1. The van der Waals surface area contributed by atoms with Crippen LogP contribution in [0.15, 0.2) is 42.5 Å². The summed E-state index contributed by atoms with van der Waals surface area (Å²) in [6.45, 7) is 9.03. The minimum atomic E-state index is -0.215. The van der Waals surface area contributed by atoms with Crippen molar-refractivity contribution in [3.63, 3.8) is 0 Å². The molecule has 194 valence electrons. The van der Waals surface area contributed by atoms with E-state index in [9.17, 15) is 14.4 Å². The molecule has 2 aliphatic heterocycles. The molecular formula is C29H35N5O3. The molecule has 0 aromatic heterocycles. The summed E-state index contributed by atoms with van der Waals surface area (Å²) < 4.78 is 0. The summed E-state index contributed by atoms with van der Waals surface area (Å²) in [5, 5.41) is 12.0. The van der Waals surface area contributed by atoms with Crippen molar-refractivity contribution in [2.75, 3.05) is 44.6 Å². The molecule has 0 spiro atoms. The number of piperidine rings is 1. The lowest BCUT2D eigenvalue weighted by Crippen LogP contribution is -2.52. The Labute approximate surface area is 218 Å². The number of hydrogen-bond acceptors (Lipinski definition) is 4. The number of nitrogens with zero attached hydrogens (tertiary/aromatic N) is 4. The van der Waals surface area contributed by atoms with Crippen molar-refractivity contribution in [3.8, 4) is 6.07 Å². The summed E-state index contributed by atoms with van der Waals surface area (Å²) >= 11 is 0. The summed E-state index contributed by atoms with van der Waals surface area (Å²) in [7, 11) is 0. The first-order valence-corrected chi connectivity index (χ1v) is 13.0. The van der Waals surface area contributed by atoms with E-state index in [-0.39, 0.29) is 23.8 Å². The Morgan fingerprint density at radius 1 is 0.892 bits per heavy atom. The molecule has 0 bridgehead atoms. The van der Waals surface area contributed by atoms with Gasteiger partial charge in [-0.15, -0.1) is 0 Å². The number of rotatable bonds is 4. The van der Waals surface area contributed by atoms with Crippen molar-refractivity contribution in [2.45, 2.75) is 39.5 Å². The fourth-order valence-corrected chi connectivity index (χ4v) is 5.01. The topological polar surface area (TPSA) is 96.8 Å². The third-order valence-corrected chi connectivity index (χ3v) is 7.39. The number of nitriles is 1. The number of likely N-dealkylation sites (tertiary alicyclic amines) is 1. The maximum Gasteiger partial charge on any atom is 0.321 e. The number of hydrogen-bond donors (Lipinski definition) is 1. The van der Waals surface area contributed by atoms with Gasteiger partial charge in [0.25, 0.3) is 5.91 Å². The van der Waals surface area contributed by atoms with Crippen LogP contribution in [-0.4, -0.2) is 71.8 Å². The van der Waals surface area contributed by atoms with Gasteiger partial charge in [-0.1, -0.05) is 32.0 Å². The van der Waals surface area contributed by atoms with Crippen molar-refractivity contribution in [2.24, 2.45) is 5.92 Å². The van der Waals surface area contributed by atoms with E-state index >= 15 is 0 Å². The van der Waals surface area contributed by atoms with Crippen LogP contribution in [-0.2, 0) is 4.79 Å². The Balaban J connectivity index is 1.34. The van der Waals surface area contributed by atoms with Gasteiger partial charge in [-0.25, -0.2) is 4.79 Å². The number of benzene rings is 2. The summed E-state index contributed by atoms with van der Waals surface area (Å²) in [5.74, 6) is 0.406. The molecule has 1 N–H and O–H groups in total. The van der Waals surface area contributed by atoms with Gasteiger partial charge in [-0.3, -0.25) is 9.59 Å². The van der Waals surface area contributed by atoms with Crippen LogP contribution in [0.25, 0.3) is 0 Å². The third kappa shape index (κ3) is 6.11. The van der Waals surface area contributed by atoms with E-state index < -0.39 is 0 Å². The summed E-state index contributed by atoms with van der Waals surface area (Å²) in [4.78, 5) is 43.8. The number of aryl methyl sites for hydroxylation is 1. The zero-order valence-electron chi connectivity index (χ0n) is 21.9. The van der Waals surface area contributed by atoms with Crippen LogP contribution in [0.1, 0.15) is 59.7 Å². The van der Waals surface area contributed by atoms with E-state index in [1.54, 1.807) is 11.0 Å². The molecule has 2 fully saturated rings. The van der Waals surface area contributed by atoms with E-state index in [1.165, 1.54) is 5.56 Å². The lowest BCUT2D eigenvalue weighted by molar-refractivity contribution is -0.135. The second kappa shape index (κ2) is 11.5. The maximum atomic E-state index is 13.3. The summed E-state index contributed by atoms with van der Waals surface area (Å²) in [6, 6.07) is 15.1. The summed E-state index contributed by atoms with van der Waals surface area (Å²) in [5.41, 5.74) is 3.94. The van der Waals surface area contributed by atoms with Gasteiger partial charge in [0.15, 0.2) is 0 Å². The Hall–Kier alpha value is -3.86. The predicted molar refractivity (Wildman–Crippen MR) is 142 cm³/mol. The number of urea groups is 1. The molecule has 2 aromatic rings. The highest BCUT2D eigenvalue weighted by Gasteiger charge is 2.27. The van der Waals surface area contributed by atoms with Crippen LogP contribution in [0.5, 0.6) is 0 Å². The van der Waals surface area contributed by atoms with Crippen LogP contribution in [0.2, 0.25) is 0 Å². The third-order valence-electron chi connectivity index (χ3n) is 7.39. The van der Waals surface area contributed by atoms with Gasteiger partial charge >= 0.3 is 6.03 Å². The fourth-order valence-electron chi connectivity index (χ4n) is 5.01. The molecule has 2 heterocycles. The van der Waals surface area contributed by atoms with E-state index in [1.807, 2.05) is 67.0 Å². The first-order chi connectivity index (χ1) is 17.8. The number of anilines is 1. The Morgan fingerprint density at radius 2 is 1.51 bits per heavy atom.